The minimum Gasteiger partial charge on any atom is -0.372 e. The Balaban J connectivity index is 1.74. The molecule has 0 aromatic heterocycles. The largest absolute Gasteiger partial charge is 0.372 e. The Hall–Kier alpha value is -2.11. The van der Waals surface area contributed by atoms with Crippen LogP contribution in [0.25, 0.3) is 0 Å². The number of anilines is 3. The molecule has 1 heterocycles. The molecular weight excluding hydrogens is 315 g/mol. The molecule has 1 aliphatic rings. The van der Waals surface area contributed by atoms with Gasteiger partial charge in [0.1, 0.15) is 5.82 Å². The highest BCUT2D eigenvalue weighted by atomic mass is 19.1. The monoisotopic (exact) mass is 342 g/mol. The number of piperazine rings is 1. The number of benzene rings is 2. The molecule has 1 aliphatic heterocycles. The maximum Gasteiger partial charge on any atom is 0.146 e. The smallest absolute Gasteiger partial charge is 0.146 e. The fourth-order valence-electron chi connectivity index (χ4n) is 3.27. The number of nitrogens with zero attached hydrogens (tertiary/aromatic N) is 3. The van der Waals surface area contributed by atoms with E-state index in [1.807, 2.05) is 42.3 Å². The molecule has 2 aromatic carbocycles. The van der Waals surface area contributed by atoms with Crippen LogP contribution in [0.4, 0.5) is 21.5 Å². The average Bonchev–Trinajstić information content (AvgIpc) is 2.67. The average molecular weight is 342 g/mol. The van der Waals surface area contributed by atoms with Crippen molar-refractivity contribution in [3.63, 3.8) is 0 Å². The summed E-state index contributed by atoms with van der Waals surface area (Å²) in [5.41, 5.74) is 2.71. The first-order valence-electron chi connectivity index (χ1n) is 8.88. The molecule has 5 heteroatoms. The van der Waals surface area contributed by atoms with Gasteiger partial charge in [0.2, 0.25) is 0 Å². The first-order chi connectivity index (χ1) is 12.2. The van der Waals surface area contributed by atoms with Crippen molar-refractivity contribution in [1.82, 2.24) is 10.2 Å². The van der Waals surface area contributed by atoms with Crippen LogP contribution in [0.15, 0.2) is 48.5 Å². The summed E-state index contributed by atoms with van der Waals surface area (Å²) in [4.78, 5) is 6.66. The SMILES string of the molecule is CN(CCN1CCNCC1)c1ccccc1N(C)c1ccccc1F. The number of likely N-dealkylation sites (N-methyl/N-ethyl adjacent to an activating group) is 1. The Kier molecular flexibility index (Phi) is 5.89. The molecule has 0 aliphatic carbocycles. The van der Waals surface area contributed by atoms with E-state index in [-0.39, 0.29) is 5.82 Å². The number of hydrogen-bond donors (Lipinski definition) is 1. The van der Waals surface area contributed by atoms with Gasteiger partial charge < -0.3 is 15.1 Å². The van der Waals surface area contributed by atoms with E-state index < -0.39 is 0 Å². The Morgan fingerprint density at radius 1 is 0.920 bits per heavy atom. The Morgan fingerprint density at radius 2 is 1.52 bits per heavy atom. The summed E-state index contributed by atoms with van der Waals surface area (Å²) in [5, 5.41) is 3.38. The second-order valence-corrected chi connectivity index (χ2v) is 6.51. The number of halogens is 1. The zero-order valence-corrected chi connectivity index (χ0v) is 15.1. The van der Waals surface area contributed by atoms with Crippen molar-refractivity contribution in [3.8, 4) is 0 Å². The zero-order valence-electron chi connectivity index (χ0n) is 15.1. The van der Waals surface area contributed by atoms with Crippen LogP contribution in [0.3, 0.4) is 0 Å². The van der Waals surface area contributed by atoms with Crippen LogP contribution in [-0.4, -0.2) is 58.3 Å². The summed E-state index contributed by atoms with van der Waals surface area (Å²) < 4.78 is 14.2. The maximum atomic E-state index is 14.2. The van der Waals surface area contributed by atoms with Crippen molar-refractivity contribution in [3.05, 3.63) is 54.3 Å². The predicted molar refractivity (Wildman–Crippen MR) is 103 cm³/mol. The van der Waals surface area contributed by atoms with Gasteiger partial charge in [0.25, 0.3) is 0 Å². The number of nitrogens with one attached hydrogen (secondary N) is 1. The molecule has 0 saturated carbocycles. The second-order valence-electron chi connectivity index (χ2n) is 6.51. The summed E-state index contributed by atoms with van der Waals surface area (Å²) in [6, 6.07) is 15.1. The number of para-hydroxylation sites is 3. The van der Waals surface area contributed by atoms with Gasteiger partial charge in [-0.3, -0.25) is 4.90 Å². The van der Waals surface area contributed by atoms with Crippen molar-refractivity contribution in [2.24, 2.45) is 0 Å². The van der Waals surface area contributed by atoms with Crippen LogP contribution in [0.2, 0.25) is 0 Å². The molecule has 1 N–H and O–H groups in total. The first kappa shape index (κ1) is 17.7. The topological polar surface area (TPSA) is 21.8 Å². The third-order valence-electron chi connectivity index (χ3n) is 4.83. The molecule has 0 amide bonds. The minimum atomic E-state index is -0.205. The van der Waals surface area contributed by atoms with E-state index in [1.54, 1.807) is 6.07 Å². The standard InChI is InChI=1S/C20H27FN4/c1-23(15-16-25-13-11-22-12-14-25)19-9-5-6-10-20(19)24(2)18-8-4-3-7-17(18)21/h3-10,22H,11-16H2,1-2H3. The van der Waals surface area contributed by atoms with Crippen LogP contribution in [-0.2, 0) is 0 Å². The number of rotatable bonds is 6. The Bertz CT molecular complexity index is 685. The van der Waals surface area contributed by atoms with Crippen molar-refractivity contribution < 1.29 is 4.39 Å². The molecular formula is C20H27FN4. The number of hydrogen-bond acceptors (Lipinski definition) is 4. The summed E-state index contributed by atoms with van der Waals surface area (Å²) in [5.74, 6) is -0.205. The van der Waals surface area contributed by atoms with E-state index in [9.17, 15) is 4.39 Å². The molecule has 2 aromatic rings. The highest BCUT2D eigenvalue weighted by molar-refractivity contribution is 5.76. The molecule has 0 radical (unpaired) electrons. The van der Waals surface area contributed by atoms with Crippen molar-refractivity contribution in [2.75, 3.05) is 63.2 Å². The van der Waals surface area contributed by atoms with E-state index >= 15 is 0 Å². The quantitative estimate of drug-likeness (QED) is 0.871. The lowest BCUT2D eigenvalue weighted by Gasteiger charge is -2.32. The molecule has 3 rings (SSSR count). The third kappa shape index (κ3) is 4.30. The van der Waals surface area contributed by atoms with Gasteiger partial charge in [-0.05, 0) is 24.3 Å². The lowest BCUT2D eigenvalue weighted by Crippen LogP contribution is -2.46. The lowest BCUT2D eigenvalue weighted by molar-refractivity contribution is 0.246. The molecule has 134 valence electrons. The van der Waals surface area contributed by atoms with E-state index in [0.29, 0.717) is 5.69 Å². The van der Waals surface area contributed by atoms with Gasteiger partial charge in [-0.1, -0.05) is 24.3 Å². The van der Waals surface area contributed by atoms with Crippen molar-refractivity contribution in [2.45, 2.75) is 0 Å². The van der Waals surface area contributed by atoms with Gasteiger partial charge in [0, 0.05) is 53.4 Å². The van der Waals surface area contributed by atoms with Gasteiger partial charge in [0.05, 0.1) is 17.1 Å². The normalized spacial score (nSPS) is 15.2. The highest BCUT2D eigenvalue weighted by Gasteiger charge is 2.16. The molecule has 1 saturated heterocycles. The van der Waals surface area contributed by atoms with E-state index in [4.69, 9.17) is 0 Å². The van der Waals surface area contributed by atoms with Gasteiger partial charge in [0.15, 0.2) is 0 Å². The van der Waals surface area contributed by atoms with E-state index in [0.717, 1.165) is 50.6 Å². The van der Waals surface area contributed by atoms with Gasteiger partial charge in [-0.25, -0.2) is 4.39 Å². The summed E-state index contributed by atoms with van der Waals surface area (Å²) in [6.07, 6.45) is 0. The Morgan fingerprint density at radius 3 is 2.20 bits per heavy atom. The van der Waals surface area contributed by atoms with Gasteiger partial charge in [-0.2, -0.15) is 0 Å². The van der Waals surface area contributed by atoms with Crippen LogP contribution in [0, 0.1) is 5.82 Å². The van der Waals surface area contributed by atoms with Crippen LogP contribution in [0.5, 0.6) is 0 Å². The van der Waals surface area contributed by atoms with E-state index in [1.165, 1.54) is 6.07 Å². The zero-order chi connectivity index (χ0) is 17.6. The van der Waals surface area contributed by atoms with Crippen LogP contribution in [0.1, 0.15) is 0 Å². The molecule has 1 fully saturated rings. The summed E-state index contributed by atoms with van der Waals surface area (Å²) in [6.45, 7) is 6.32. The van der Waals surface area contributed by atoms with Crippen molar-refractivity contribution in [1.29, 1.82) is 0 Å². The molecule has 0 spiro atoms. The minimum absolute atomic E-state index is 0.205. The molecule has 0 unspecified atom stereocenters. The summed E-state index contributed by atoms with van der Waals surface area (Å²) in [7, 11) is 4.03. The predicted octanol–water partition coefficient (Wildman–Crippen LogP) is 2.94. The lowest BCUT2D eigenvalue weighted by atomic mass is 10.2. The first-order valence-corrected chi connectivity index (χ1v) is 8.88. The summed E-state index contributed by atoms with van der Waals surface area (Å²) >= 11 is 0. The third-order valence-corrected chi connectivity index (χ3v) is 4.83. The second kappa shape index (κ2) is 8.32. The van der Waals surface area contributed by atoms with Gasteiger partial charge in [-0.15, -0.1) is 0 Å². The molecule has 4 nitrogen and oxygen atoms in total. The van der Waals surface area contributed by atoms with Crippen molar-refractivity contribution >= 4 is 17.1 Å². The molecule has 0 atom stereocenters. The fourth-order valence-corrected chi connectivity index (χ4v) is 3.27. The van der Waals surface area contributed by atoms with Crippen LogP contribution < -0.4 is 15.1 Å². The highest BCUT2D eigenvalue weighted by Crippen LogP contribution is 2.33. The van der Waals surface area contributed by atoms with Gasteiger partial charge >= 0.3 is 0 Å². The fraction of sp³-hybridized carbons (Fsp3) is 0.400. The Labute approximate surface area is 149 Å². The molecule has 0 bridgehead atoms. The van der Waals surface area contributed by atoms with E-state index in [2.05, 4.69) is 28.2 Å². The van der Waals surface area contributed by atoms with Crippen LogP contribution >= 0.6 is 0 Å². The molecule has 25 heavy (non-hydrogen) atoms. The maximum absolute atomic E-state index is 14.2.